The van der Waals surface area contributed by atoms with Gasteiger partial charge in [-0.3, -0.25) is 0 Å². The maximum Gasteiger partial charge on any atom is 0.415 e. The van der Waals surface area contributed by atoms with E-state index in [0.29, 0.717) is 0 Å². The number of aromatic nitrogens is 2. The first-order valence-corrected chi connectivity index (χ1v) is 7.65. The number of nitrogens with zero attached hydrogens (tertiary/aromatic N) is 5. The monoisotopic (exact) mass is 371 g/mol. The van der Waals surface area contributed by atoms with E-state index in [2.05, 4.69) is 26.9 Å². The molecule has 5 nitrogen and oxygen atoms in total. The molecule has 1 aliphatic carbocycles. The van der Waals surface area contributed by atoms with Crippen molar-refractivity contribution < 1.29 is 22.0 Å². The number of rotatable bonds is 4. The molecule has 1 aromatic heterocycles. The lowest BCUT2D eigenvalue weighted by Crippen LogP contribution is -2.35. The van der Waals surface area contributed by atoms with E-state index in [-0.39, 0.29) is 30.1 Å². The van der Waals surface area contributed by atoms with Gasteiger partial charge in [-0.15, -0.1) is 5.10 Å². The van der Waals surface area contributed by atoms with Gasteiger partial charge in [-0.1, -0.05) is 0 Å². The Hall–Kier alpha value is -2.65. The van der Waals surface area contributed by atoms with E-state index in [0.717, 1.165) is 4.90 Å². The molecular weight excluding hydrogens is 357 g/mol. The van der Waals surface area contributed by atoms with Crippen LogP contribution in [0.3, 0.4) is 0 Å². The molecule has 3 rings (SSSR count). The second-order valence-corrected chi connectivity index (χ2v) is 5.93. The highest BCUT2D eigenvalue weighted by atomic mass is 19.4. The number of allylic oxidation sites excluding steroid dienone is 2. The van der Waals surface area contributed by atoms with Crippen LogP contribution in [0.4, 0.5) is 22.0 Å². The van der Waals surface area contributed by atoms with Gasteiger partial charge in [0.15, 0.2) is 5.82 Å². The predicted octanol–water partition coefficient (Wildman–Crippen LogP) is 3.68. The maximum atomic E-state index is 13.5. The van der Waals surface area contributed by atoms with Crippen molar-refractivity contribution in [3.8, 4) is 0 Å². The minimum atomic E-state index is -4.65. The van der Waals surface area contributed by atoms with E-state index >= 15 is 0 Å². The Kier molecular flexibility index (Phi) is 4.59. The standard InChI is InChI=1S/C16H14F5N5/c1-22-25-13(7-10-8-15(10,17)18)26-6-3-11(12(9-26)16(19,20)21)14-23-4-2-5-24-14/h2-6,10H,1,7-9H2/b25-13-. The Bertz CT molecular complexity index is 782. The molecule has 138 valence electrons. The second-order valence-electron chi connectivity index (χ2n) is 5.93. The van der Waals surface area contributed by atoms with Crippen LogP contribution >= 0.6 is 0 Å². The SMILES string of the molecule is C=N/N=C(/CC1CC1(F)F)N1C=CC(c2ncccn2)=C(C(F)(F)F)C1. The molecule has 1 aliphatic heterocycles. The van der Waals surface area contributed by atoms with Crippen molar-refractivity contribution in [1.82, 2.24) is 14.9 Å². The third-order valence-electron chi connectivity index (χ3n) is 4.13. The Labute approximate surface area is 145 Å². The van der Waals surface area contributed by atoms with Crippen molar-refractivity contribution in [2.45, 2.75) is 24.9 Å². The van der Waals surface area contributed by atoms with Gasteiger partial charge in [0.05, 0.1) is 12.1 Å². The van der Waals surface area contributed by atoms with Gasteiger partial charge in [0, 0.05) is 49.6 Å². The number of halogens is 5. The number of hydrogen-bond donors (Lipinski definition) is 0. The van der Waals surface area contributed by atoms with Gasteiger partial charge in [0.25, 0.3) is 5.92 Å². The third kappa shape index (κ3) is 3.78. The van der Waals surface area contributed by atoms with Crippen LogP contribution in [-0.4, -0.2) is 46.1 Å². The second kappa shape index (κ2) is 6.58. The summed E-state index contributed by atoms with van der Waals surface area (Å²) in [5.74, 6) is -3.82. The van der Waals surface area contributed by atoms with Crippen molar-refractivity contribution >= 4 is 18.1 Å². The van der Waals surface area contributed by atoms with Gasteiger partial charge < -0.3 is 4.90 Å². The van der Waals surface area contributed by atoms with Crippen molar-refractivity contribution in [2.24, 2.45) is 16.1 Å². The Morgan fingerprint density at radius 1 is 1.31 bits per heavy atom. The van der Waals surface area contributed by atoms with Crippen LogP contribution < -0.4 is 0 Å². The molecule has 0 radical (unpaired) electrons. The summed E-state index contributed by atoms with van der Waals surface area (Å²) in [7, 11) is 0. The average Bonchev–Trinajstić information content (AvgIpc) is 3.20. The molecule has 0 N–H and O–H groups in total. The van der Waals surface area contributed by atoms with E-state index in [9.17, 15) is 22.0 Å². The zero-order valence-corrected chi connectivity index (χ0v) is 13.4. The van der Waals surface area contributed by atoms with Gasteiger partial charge in [-0.05, 0) is 12.1 Å². The third-order valence-corrected chi connectivity index (χ3v) is 4.13. The molecule has 1 unspecified atom stereocenters. The summed E-state index contributed by atoms with van der Waals surface area (Å²) in [6.07, 6.45) is 0.0789. The van der Waals surface area contributed by atoms with Crippen LogP contribution in [0.15, 0.2) is 46.5 Å². The summed E-state index contributed by atoms with van der Waals surface area (Å²) in [6, 6.07) is 1.49. The maximum absolute atomic E-state index is 13.5. The van der Waals surface area contributed by atoms with Gasteiger partial charge in [-0.2, -0.15) is 18.3 Å². The van der Waals surface area contributed by atoms with E-state index < -0.39 is 30.1 Å². The summed E-state index contributed by atoms with van der Waals surface area (Å²) < 4.78 is 66.9. The fraction of sp³-hybridized carbons (Fsp3) is 0.375. The van der Waals surface area contributed by atoms with E-state index in [1.165, 1.54) is 30.7 Å². The summed E-state index contributed by atoms with van der Waals surface area (Å²) in [4.78, 5) is 8.86. The predicted molar refractivity (Wildman–Crippen MR) is 85.5 cm³/mol. The van der Waals surface area contributed by atoms with E-state index in [1.54, 1.807) is 0 Å². The highest BCUT2D eigenvalue weighted by Crippen LogP contribution is 2.51. The van der Waals surface area contributed by atoms with Crippen molar-refractivity contribution in [3.63, 3.8) is 0 Å². The van der Waals surface area contributed by atoms with Crippen LogP contribution in [0.1, 0.15) is 18.7 Å². The fourth-order valence-corrected chi connectivity index (χ4v) is 2.65. The molecule has 1 saturated carbocycles. The summed E-state index contributed by atoms with van der Waals surface area (Å²) in [5.41, 5.74) is -1.05. The molecule has 10 heteroatoms. The molecule has 2 heterocycles. The molecule has 0 aromatic carbocycles. The van der Waals surface area contributed by atoms with Gasteiger partial charge in [-0.25, -0.2) is 18.7 Å². The molecule has 0 saturated heterocycles. The number of amidine groups is 1. The van der Waals surface area contributed by atoms with Crippen molar-refractivity contribution in [1.29, 1.82) is 0 Å². The van der Waals surface area contributed by atoms with E-state index in [4.69, 9.17) is 0 Å². The molecule has 0 amide bonds. The quantitative estimate of drug-likeness (QED) is 0.351. The highest BCUT2D eigenvalue weighted by molar-refractivity contribution is 5.87. The summed E-state index contributed by atoms with van der Waals surface area (Å²) in [5, 5.41) is 6.96. The first kappa shape index (κ1) is 18.2. The lowest BCUT2D eigenvalue weighted by atomic mass is 10.0. The van der Waals surface area contributed by atoms with Gasteiger partial charge in [0.1, 0.15) is 5.84 Å². The zero-order chi connectivity index (χ0) is 18.9. The van der Waals surface area contributed by atoms with Gasteiger partial charge >= 0.3 is 6.18 Å². The first-order valence-electron chi connectivity index (χ1n) is 7.65. The Morgan fingerprint density at radius 2 is 1.96 bits per heavy atom. The number of hydrogen-bond acceptors (Lipinski definition) is 4. The van der Waals surface area contributed by atoms with Crippen molar-refractivity contribution in [3.05, 3.63) is 42.1 Å². The summed E-state index contributed by atoms with van der Waals surface area (Å²) >= 11 is 0. The Balaban J connectivity index is 1.89. The topological polar surface area (TPSA) is 53.7 Å². The Morgan fingerprint density at radius 3 is 2.50 bits per heavy atom. The van der Waals surface area contributed by atoms with Crippen LogP contribution in [-0.2, 0) is 0 Å². The van der Waals surface area contributed by atoms with Crippen LogP contribution in [0.5, 0.6) is 0 Å². The molecule has 0 spiro atoms. The minimum Gasteiger partial charge on any atom is -0.330 e. The minimum absolute atomic E-state index is 0.00760. The fourth-order valence-electron chi connectivity index (χ4n) is 2.65. The molecule has 1 fully saturated rings. The smallest absolute Gasteiger partial charge is 0.330 e. The zero-order valence-electron chi connectivity index (χ0n) is 13.4. The normalized spacial score (nSPS) is 22.6. The van der Waals surface area contributed by atoms with Crippen LogP contribution in [0.25, 0.3) is 5.57 Å². The molecule has 0 bridgehead atoms. The highest BCUT2D eigenvalue weighted by Gasteiger charge is 2.57. The average molecular weight is 371 g/mol. The summed E-state index contributed by atoms with van der Waals surface area (Å²) in [6.45, 7) is 2.56. The number of alkyl halides is 5. The van der Waals surface area contributed by atoms with E-state index in [1.807, 2.05) is 0 Å². The molecule has 2 aliphatic rings. The van der Waals surface area contributed by atoms with Crippen LogP contribution in [0, 0.1) is 5.92 Å². The molecule has 1 atom stereocenters. The molecule has 1 aromatic rings. The molecular formula is C16H14F5N5. The lowest BCUT2D eigenvalue weighted by molar-refractivity contribution is -0.0936. The first-order chi connectivity index (χ1) is 12.2. The largest absolute Gasteiger partial charge is 0.415 e. The molecule has 26 heavy (non-hydrogen) atoms. The lowest BCUT2D eigenvalue weighted by Gasteiger charge is -2.28. The van der Waals surface area contributed by atoms with Crippen LogP contribution in [0.2, 0.25) is 0 Å². The van der Waals surface area contributed by atoms with Crippen molar-refractivity contribution in [2.75, 3.05) is 6.54 Å². The van der Waals surface area contributed by atoms with Gasteiger partial charge in [0.2, 0.25) is 0 Å².